The lowest BCUT2D eigenvalue weighted by molar-refractivity contribution is 0.802. The van der Waals surface area contributed by atoms with Gasteiger partial charge in [-0.3, -0.25) is 9.78 Å². The van der Waals surface area contributed by atoms with Crippen LogP contribution in [0.4, 0.5) is 0 Å². The van der Waals surface area contributed by atoms with Gasteiger partial charge >= 0.3 is 0 Å². The van der Waals surface area contributed by atoms with E-state index in [1.165, 1.54) is 4.68 Å². The van der Waals surface area contributed by atoms with E-state index >= 15 is 0 Å². The maximum Gasteiger partial charge on any atom is 0.261 e. The lowest BCUT2D eigenvalue weighted by Gasteiger charge is -2.01. The first-order chi connectivity index (χ1) is 7.75. The molecule has 16 heavy (non-hydrogen) atoms. The van der Waals surface area contributed by atoms with E-state index in [0.29, 0.717) is 17.0 Å². The lowest BCUT2D eigenvalue weighted by Crippen LogP contribution is -2.13. The van der Waals surface area contributed by atoms with E-state index in [9.17, 15) is 4.79 Å². The summed E-state index contributed by atoms with van der Waals surface area (Å²) < 4.78 is 3.32. The van der Waals surface area contributed by atoms with Crippen LogP contribution in [0.25, 0.3) is 17.0 Å². The summed E-state index contributed by atoms with van der Waals surface area (Å²) in [5.74, 6) is 0.421. The SMILES string of the molecule is Cn1ccc2c(=O)[nH]c(-n3cccn3)nc21. The fourth-order valence-corrected chi connectivity index (χ4v) is 1.64. The molecule has 0 saturated carbocycles. The molecule has 3 aromatic heterocycles. The van der Waals surface area contributed by atoms with E-state index in [4.69, 9.17) is 0 Å². The van der Waals surface area contributed by atoms with Crippen molar-refractivity contribution >= 4 is 11.0 Å². The number of hydrogen-bond acceptors (Lipinski definition) is 3. The fraction of sp³-hybridized carbons (Fsp3) is 0.100. The van der Waals surface area contributed by atoms with Gasteiger partial charge in [-0.2, -0.15) is 10.1 Å². The number of nitrogens with one attached hydrogen (secondary N) is 1. The standard InChI is InChI=1S/C10H9N5O/c1-14-6-3-7-8(14)12-10(13-9(7)16)15-5-2-4-11-15/h2-6H,1H3,(H,12,13,16). The number of aromatic amines is 1. The molecule has 0 radical (unpaired) electrons. The molecule has 3 rings (SSSR count). The molecule has 0 aliphatic carbocycles. The number of rotatable bonds is 1. The van der Waals surface area contributed by atoms with Gasteiger partial charge in [-0.25, -0.2) is 4.68 Å². The topological polar surface area (TPSA) is 68.5 Å². The van der Waals surface area contributed by atoms with Gasteiger partial charge < -0.3 is 4.57 Å². The normalized spacial score (nSPS) is 11.1. The van der Waals surface area contributed by atoms with E-state index in [1.807, 2.05) is 7.05 Å². The molecular formula is C10H9N5O. The number of nitrogens with zero attached hydrogens (tertiary/aromatic N) is 4. The first-order valence-electron chi connectivity index (χ1n) is 4.81. The molecule has 0 aliphatic rings. The van der Waals surface area contributed by atoms with E-state index in [-0.39, 0.29) is 5.56 Å². The molecule has 0 unspecified atom stereocenters. The zero-order valence-corrected chi connectivity index (χ0v) is 8.58. The highest BCUT2D eigenvalue weighted by Gasteiger charge is 2.07. The second-order valence-electron chi connectivity index (χ2n) is 3.50. The van der Waals surface area contributed by atoms with Crippen molar-refractivity contribution < 1.29 is 0 Å². The molecule has 0 atom stereocenters. The van der Waals surface area contributed by atoms with Crippen molar-refractivity contribution in [1.82, 2.24) is 24.3 Å². The highest BCUT2D eigenvalue weighted by molar-refractivity contribution is 5.75. The second kappa shape index (κ2) is 3.06. The molecule has 6 nitrogen and oxygen atoms in total. The van der Waals surface area contributed by atoms with E-state index in [1.54, 1.807) is 35.3 Å². The zero-order valence-electron chi connectivity index (χ0n) is 8.58. The summed E-state index contributed by atoms with van der Waals surface area (Å²) in [6, 6.07) is 3.52. The zero-order chi connectivity index (χ0) is 11.1. The highest BCUT2D eigenvalue weighted by Crippen LogP contribution is 2.08. The minimum Gasteiger partial charge on any atom is -0.335 e. The van der Waals surface area contributed by atoms with Crippen LogP contribution in [0.1, 0.15) is 0 Å². The second-order valence-corrected chi connectivity index (χ2v) is 3.50. The van der Waals surface area contributed by atoms with E-state index < -0.39 is 0 Å². The minimum atomic E-state index is -0.156. The van der Waals surface area contributed by atoms with Gasteiger partial charge in [0.05, 0.1) is 5.39 Å². The van der Waals surface area contributed by atoms with Crippen molar-refractivity contribution in [2.75, 3.05) is 0 Å². The van der Waals surface area contributed by atoms with Crippen molar-refractivity contribution in [1.29, 1.82) is 0 Å². The van der Waals surface area contributed by atoms with Gasteiger partial charge in [-0.1, -0.05) is 0 Å². The van der Waals surface area contributed by atoms with Crippen LogP contribution in [0.3, 0.4) is 0 Å². The first-order valence-corrected chi connectivity index (χ1v) is 4.81. The fourth-order valence-electron chi connectivity index (χ4n) is 1.64. The van der Waals surface area contributed by atoms with Gasteiger partial charge in [0, 0.05) is 25.6 Å². The summed E-state index contributed by atoms with van der Waals surface area (Å²) in [6.45, 7) is 0. The number of hydrogen-bond donors (Lipinski definition) is 1. The van der Waals surface area contributed by atoms with Crippen LogP contribution in [-0.2, 0) is 7.05 Å². The monoisotopic (exact) mass is 215 g/mol. The first kappa shape index (κ1) is 8.90. The number of fused-ring (bicyclic) bond motifs is 1. The smallest absolute Gasteiger partial charge is 0.261 e. The van der Waals surface area contributed by atoms with Gasteiger partial charge in [-0.15, -0.1) is 0 Å². The number of H-pyrrole nitrogens is 1. The molecule has 3 heterocycles. The summed E-state index contributed by atoms with van der Waals surface area (Å²) >= 11 is 0. The molecule has 80 valence electrons. The summed E-state index contributed by atoms with van der Waals surface area (Å²) in [5.41, 5.74) is 0.491. The molecule has 0 aliphatic heterocycles. The summed E-state index contributed by atoms with van der Waals surface area (Å²) in [6.07, 6.45) is 5.17. The quantitative estimate of drug-likeness (QED) is 0.640. The average Bonchev–Trinajstić information content (AvgIpc) is 2.88. The molecule has 0 saturated heterocycles. The third-order valence-corrected chi connectivity index (χ3v) is 2.44. The average molecular weight is 215 g/mol. The Morgan fingerprint density at radius 1 is 1.38 bits per heavy atom. The Labute approximate surface area is 90.2 Å². The molecule has 3 aromatic rings. The van der Waals surface area contributed by atoms with E-state index in [2.05, 4.69) is 15.1 Å². The molecule has 0 bridgehead atoms. The van der Waals surface area contributed by atoms with E-state index in [0.717, 1.165) is 0 Å². The Hall–Kier alpha value is -2.37. The van der Waals surface area contributed by atoms with Gasteiger partial charge in [0.1, 0.15) is 5.65 Å². The van der Waals surface area contributed by atoms with Crippen molar-refractivity contribution in [3.05, 3.63) is 41.1 Å². The minimum absolute atomic E-state index is 0.156. The van der Waals surface area contributed by atoms with Gasteiger partial charge in [0.25, 0.3) is 5.56 Å². The Bertz CT molecular complexity index is 692. The Morgan fingerprint density at radius 2 is 2.25 bits per heavy atom. The predicted octanol–water partition coefficient (Wildman–Crippen LogP) is 0.447. The van der Waals surface area contributed by atoms with Crippen LogP contribution in [0, 0.1) is 0 Å². The highest BCUT2D eigenvalue weighted by atomic mass is 16.1. The molecular weight excluding hydrogens is 206 g/mol. The molecule has 0 spiro atoms. The maximum atomic E-state index is 11.8. The Kier molecular flexibility index (Phi) is 1.70. The predicted molar refractivity (Wildman–Crippen MR) is 58.5 cm³/mol. The summed E-state index contributed by atoms with van der Waals surface area (Å²) in [7, 11) is 1.85. The molecule has 0 fully saturated rings. The summed E-state index contributed by atoms with van der Waals surface area (Å²) in [5, 5.41) is 4.61. The Morgan fingerprint density at radius 3 is 3.00 bits per heavy atom. The van der Waals surface area contributed by atoms with Crippen LogP contribution in [0.5, 0.6) is 0 Å². The number of aromatic nitrogens is 5. The van der Waals surface area contributed by atoms with Crippen molar-refractivity contribution in [3.63, 3.8) is 0 Å². The molecule has 0 aromatic carbocycles. The summed E-state index contributed by atoms with van der Waals surface area (Å²) in [4.78, 5) is 18.8. The third-order valence-electron chi connectivity index (χ3n) is 2.44. The number of aryl methyl sites for hydroxylation is 1. The van der Waals surface area contributed by atoms with Crippen LogP contribution >= 0.6 is 0 Å². The Balaban J connectivity index is 2.36. The van der Waals surface area contributed by atoms with Gasteiger partial charge in [0.15, 0.2) is 0 Å². The van der Waals surface area contributed by atoms with Crippen LogP contribution in [-0.4, -0.2) is 24.3 Å². The lowest BCUT2D eigenvalue weighted by atomic mass is 10.4. The molecule has 0 amide bonds. The van der Waals surface area contributed by atoms with Gasteiger partial charge in [0.2, 0.25) is 5.95 Å². The van der Waals surface area contributed by atoms with Crippen LogP contribution < -0.4 is 5.56 Å². The maximum absolute atomic E-state index is 11.8. The third kappa shape index (κ3) is 1.16. The molecule has 1 N–H and O–H groups in total. The molecule has 6 heteroatoms. The van der Waals surface area contributed by atoms with Crippen LogP contribution in [0.15, 0.2) is 35.5 Å². The van der Waals surface area contributed by atoms with Gasteiger partial charge in [-0.05, 0) is 12.1 Å². The van der Waals surface area contributed by atoms with Crippen molar-refractivity contribution in [3.8, 4) is 5.95 Å². The van der Waals surface area contributed by atoms with Crippen molar-refractivity contribution in [2.24, 2.45) is 7.05 Å². The van der Waals surface area contributed by atoms with Crippen LogP contribution in [0.2, 0.25) is 0 Å². The largest absolute Gasteiger partial charge is 0.335 e. The van der Waals surface area contributed by atoms with Crippen molar-refractivity contribution in [2.45, 2.75) is 0 Å².